The van der Waals surface area contributed by atoms with Crippen LogP contribution in [0.4, 0.5) is 0 Å². The van der Waals surface area contributed by atoms with Gasteiger partial charge in [-0.2, -0.15) is 0 Å². The molecule has 0 aromatic carbocycles. The Kier molecular flexibility index (Phi) is 2.71. The summed E-state index contributed by atoms with van der Waals surface area (Å²) < 4.78 is 11.0. The third-order valence-corrected chi connectivity index (χ3v) is 2.24. The van der Waals surface area contributed by atoms with Gasteiger partial charge < -0.3 is 4.55 Å². The molecule has 0 spiro atoms. The maximum Gasteiger partial charge on any atom is 0.252 e. The average molecular weight is 154 g/mol. The third-order valence-electron chi connectivity index (χ3n) is 1.06. The van der Waals surface area contributed by atoms with Gasteiger partial charge in [0.25, 0.3) is 5.03 Å². The zero-order chi connectivity index (χ0) is 7.40. The van der Waals surface area contributed by atoms with Crippen molar-refractivity contribution in [1.29, 1.82) is 0 Å². The maximum absolute atomic E-state index is 11.0. The lowest BCUT2D eigenvalue weighted by molar-refractivity contribution is 0.592. The molecule has 2 nitrogen and oxygen atoms in total. The summed E-state index contributed by atoms with van der Waals surface area (Å²) in [6, 6.07) is 6.29. The molecule has 53 valence electrons. The van der Waals surface area contributed by atoms with E-state index < -0.39 is 11.2 Å². The van der Waals surface area contributed by atoms with E-state index >= 15 is 0 Å². The highest BCUT2D eigenvalue weighted by molar-refractivity contribution is 7.91. The molecule has 0 fully saturated rings. The van der Waals surface area contributed by atoms with Crippen LogP contribution in [0.15, 0.2) is 23.4 Å². The van der Waals surface area contributed by atoms with Gasteiger partial charge in [0, 0.05) is 17.4 Å². The van der Waals surface area contributed by atoms with Gasteiger partial charge in [0.1, 0.15) is 5.75 Å². The first-order valence-corrected chi connectivity index (χ1v) is 4.37. The first kappa shape index (κ1) is 7.57. The molecule has 0 aliphatic heterocycles. The Bertz CT molecular complexity index is 190. The molecule has 10 heavy (non-hydrogen) atoms. The zero-order valence-electron chi connectivity index (χ0n) is 5.70. The van der Waals surface area contributed by atoms with Crippen molar-refractivity contribution in [2.75, 3.05) is 5.75 Å². The molecule has 1 atom stereocenters. The molecular formula is C7H8NOS. The highest BCUT2D eigenvalue weighted by Crippen LogP contribution is 2.03. The van der Waals surface area contributed by atoms with Crippen molar-refractivity contribution >= 4 is 11.2 Å². The highest BCUT2D eigenvalue weighted by atomic mass is 32.2. The predicted molar refractivity (Wildman–Crippen MR) is 40.0 cm³/mol. The van der Waals surface area contributed by atoms with E-state index in [1.807, 2.05) is 6.92 Å². The van der Waals surface area contributed by atoms with Gasteiger partial charge in [-0.3, -0.25) is 0 Å². The van der Waals surface area contributed by atoms with Crippen molar-refractivity contribution in [1.82, 2.24) is 4.98 Å². The molecule has 0 saturated heterocycles. The number of rotatable bonds is 2. The topological polar surface area (TPSA) is 36.0 Å². The summed E-state index contributed by atoms with van der Waals surface area (Å²) in [5.74, 6) is 0.605. The third kappa shape index (κ3) is 1.72. The molecule has 0 aliphatic rings. The van der Waals surface area contributed by atoms with Crippen LogP contribution >= 0.6 is 0 Å². The Labute approximate surface area is 63.5 Å². The molecule has 1 radical (unpaired) electrons. The van der Waals surface area contributed by atoms with Crippen molar-refractivity contribution in [3.8, 4) is 0 Å². The van der Waals surface area contributed by atoms with Gasteiger partial charge in [-0.1, -0.05) is 0 Å². The van der Waals surface area contributed by atoms with Gasteiger partial charge in [0.2, 0.25) is 0 Å². The molecule has 1 heterocycles. The Morgan fingerprint density at radius 1 is 1.80 bits per heavy atom. The summed E-state index contributed by atoms with van der Waals surface area (Å²) in [4.78, 5) is 3.89. The quantitative estimate of drug-likeness (QED) is 0.596. The van der Waals surface area contributed by atoms with E-state index in [0.717, 1.165) is 0 Å². The highest BCUT2D eigenvalue weighted by Gasteiger charge is 2.06. The van der Waals surface area contributed by atoms with Crippen LogP contribution in [0.2, 0.25) is 0 Å². The number of hydrogen-bond donors (Lipinski definition) is 0. The number of nitrogens with zero attached hydrogens (tertiary/aromatic N) is 1. The van der Waals surface area contributed by atoms with Crippen LogP contribution in [0.25, 0.3) is 0 Å². The first-order chi connectivity index (χ1) is 4.84. The summed E-state index contributed by atoms with van der Waals surface area (Å²) in [5, 5.41) is 0.546. The first-order valence-electron chi connectivity index (χ1n) is 3.05. The second-order valence-corrected chi connectivity index (χ2v) is 3.38. The number of hydrogen-bond acceptors (Lipinski definition) is 2. The Balaban J connectivity index is 2.75. The van der Waals surface area contributed by atoms with Crippen molar-refractivity contribution in [2.45, 2.75) is 11.9 Å². The summed E-state index contributed by atoms with van der Waals surface area (Å²) in [6.07, 6.45) is 1.62. The SMILES string of the molecule is CC[S+]([O-])c1[c]cccn1. The van der Waals surface area contributed by atoms with Crippen LogP contribution in [0.1, 0.15) is 6.92 Å². The summed E-state index contributed by atoms with van der Waals surface area (Å²) in [5.41, 5.74) is 0. The lowest BCUT2D eigenvalue weighted by Gasteiger charge is -2.03. The molecular weight excluding hydrogens is 146 g/mol. The molecule has 0 bridgehead atoms. The minimum absolute atomic E-state index is 0.546. The van der Waals surface area contributed by atoms with E-state index in [2.05, 4.69) is 11.1 Å². The standard InChI is InChI=1S/C7H8NOS/c1-2-10(9)7-5-3-4-6-8-7/h3-4,6H,2H2,1H3. The van der Waals surface area contributed by atoms with E-state index in [4.69, 9.17) is 0 Å². The van der Waals surface area contributed by atoms with Gasteiger partial charge in [-0.25, -0.2) is 4.98 Å². The molecule has 1 unspecified atom stereocenters. The zero-order valence-corrected chi connectivity index (χ0v) is 6.52. The van der Waals surface area contributed by atoms with Crippen molar-refractivity contribution in [3.63, 3.8) is 0 Å². The largest absolute Gasteiger partial charge is 0.610 e. The Hall–Kier alpha value is -0.540. The smallest absolute Gasteiger partial charge is 0.252 e. The average Bonchev–Trinajstić information content (AvgIpc) is 2.05. The van der Waals surface area contributed by atoms with Gasteiger partial charge in [0.15, 0.2) is 0 Å². The molecule has 0 amide bonds. The fraction of sp³-hybridized carbons (Fsp3) is 0.286. The monoisotopic (exact) mass is 154 g/mol. The lowest BCUT2D eigenvalue weighted by Crippen LogP contribution is -2.05. The Morgan fingerprint density at radius 3 is 3.10 bits per heavy atom. The van der Waals surface area contributed by atoms with Crippen molar-refractivity contribution in [3.05, 3.63) is 24.4 Å². The minimum atomic E-state index is -0.957. The molecule has 0 N–H and O–H groups in total. The number of pyridine rings is 1. The van der Waals surface area contributed by atoms with Crippen LogP contribution < -0.4 is 0 Å². The fourth-order valence-corrected chi connectivity index (χ4v) is 1.22. The van der Waals surface area contributed by atoms with E-state index in [1.165, 1.54) is 0 Å². The van der Waals surface area contributed by atoms with Gasteiger partial charge in [-0.05, 0) is 19.1 Å². The molecule has 1 aromatic heterocycles. The second-order valence-electron chi connectivity index (χ2n) is 1.72. The maximum atomic E-state index is 11.0. The fourth-order valence-electron chi connectivity index (χ4n) is 0.572. The molecule has 0 saturated carbocycles. The van der Waals surface area contributed by atoms with E-state index in [1.54, 1.807) is 18.3 Å². The second kappa shape index (κ2) is 3.58. The van der Waals surface area contributed by atoms with E-state index in [-0.39, 0.29) is 0 Å². The van der Waals surface area contributed by atoms with Gasteiger partial charge in [0.05, 0.1) is 6.07 Å². The van der Waals surface area contributed by atoms with E-state index in [0.29, 0.717) is 10.8 Å². The van der Waals surface area contributed by atoms with Crippen molar-refractivity contribution < 1.29 is 4.55 Å². The summed E-state index contributed by atoms with van der Waals surface area (Å²) >= 11 is -0.957. The molecule has 1 aromatic rings. The molecule has 0 aliphatic carbocycles. The van der Waals surface area contributed by atoms with Crippen molar-refractivity contribution in [2.24, 2.45) is 0 Å². The lowest BCUT2D eigenvalue weighted by atomic mass is 10.5. The van der Waals surface area contributed by atoms with E-state index in [9.17, 15) is 4.55 Å². The molecule has 1 rings (SSSR count). The molecule has 3 heteroatoms. The summed E-state index contributed by atoms with van der Waals surface area (Å²) in [6.45, 7) is 1.86. The van der Waals surface area contributed by atoms with Gasteiger partial charge in [-0.15, -0.1) is 0 Å². The van der Waals surface area contributed by atoms with Crippen LogP contribution in [0.3, 0.4) is 0 Å². The van der Waals surface area contributed by atoms with Crippen LogP contribution in [-0.4, -0.2) is 15.3 Å². The van der Waals surface area contributed by atoms with Crippen LogP contribution in [0.5, 0.6) is 0 Å². The van der Waals surface area contributed by atoms with Crippen LogP contribution in [0, 0.1) is 6.07 Å². The normalized spacial score (nSPS) is 13.0. The Morgan fingerprint density at radius 2 is 2.60 bits per heavy atom. The number of aromatic nitrogens is 1. The predicted octanol–water partition coefficient (Wildman–Crippen LogP) is 1.01. The minimum Gasteiger partial charge on any atom is -0.610 e. The van der Waals surface area contributed by atoms with Gasteiger partial charge >= 0.3 is 0 Å². The van der Waals surface area contributed by atoms with Crippen LogP contribution in [-0.2, 0) is 11.2 Å². The summed E-state index contributed by atoms with van der Waals surface area (Å²) in [7, 11) is 0.